The van der Waals surface area contributed by atoms with Gasteiger partial charge in [-0.2, -0.15) is 0 Å². The lowest BCUT2D eigenvalue weighted by Gasteiger charge is -2.20. The Morgan fingerprint density at radius 2 is 1.69 bits per heavy atom. The summed E-state index contributed by atoms with van der Waals surface area (Å²) in [6.07, 6.45) is 1.47. The van der Waals surface area contributed by atoms with E-state index in [-0.39, 0.29) is 22.6 Å². The molecule has 0 spiro atoms. The van der Waals surface area contributed by atoms with Crippen molar-refractivity contribution >= 4 is 29.2 Å². The molecule has 0 saturated carbocycles. The molecular weight excluding hydrogens is 352 g/mol. The quantitative estimate of drug-likeness (QED) is 0.583. The topological polar surface area (TPSA) is 68.3 Å². The smallest absolute Gasteiger partial charge is 0.341 e. The largest absolute Gasteiger partial charge is 0.452 e. The van der Waals surface area contributed by atoms with Crippen molar-refractivity contribution in [3.05, 3.63) is 58.4 Å². The van der Waals surface area contributed by atoms with E-state index in [1.54, 1.807) is 6.07 Å². The molecule has 0 radical (unpaired) electrons. The van der Waals surface area contributed by atoms with Crippen molar-refractivity contribution < 1.29 is 14.3 Å². The van der Waals surface area contributed by atoms with Gasteiger partial charge >= 0.3 is 5.97 Å². The highest BCUT2D eigenvalue weighted by Crippen LogP contribution is 2.32. The van der Waals surface area contributed by atoms with E-state index in [4.69, 9.17) is 16.3 Å². The zero-order valence-electron chi connectivity index (χ0n) is 15.4. The monoisotopic (exact) mass is 374 g/mol. The average Bonchev–Trinajstić information content (AvgIpc) is 2.59. The fourth-order valence-corrected chi connectivity index (χ4v) is 2.81. The third kappa shape index (κ3) is 4.82. The third-order valence-corrected chi connectivity index (χ3v) is 4.25. The van der Waals surface area contributed by atoms with Crippen molar-refractivity contribution in [2.45, 2.75) is 39.5 Å². The van der Waals surface area contributed by atoms with E-state index in [0.29, 0.717) is 0 Å². The Balaban J connectivity index is 2.11. The van der Waals surface area contributed by atoms with Crippen LogP contribution in [0.5, 0.6) is 0 Å². The highest BCUT2D eigenvalue weighted by atomic mass is 35.5. The molecule has 1 heterocycles. The van der Waals surface area contributed by atoms with Crippen LogP contribution in [-0.4, -0.2) is 23.5 Å². The molecule has 0 bridgehead atoms. The predicted molar refractivity (Wildman–Crippen MR) is 103 cm³/mol. The molecule has 138 valence electrons. The van der Waals surface area contributed by atoms with E-state index >= 15 is 0 Å². The second kappa shape index (κ2) is 8.81. The predicted octanol–water partition coefficient (Wildman–Crippen LogP) is 4.78. The molecule has 5 nitrogen and oxygen atoms in total. The molecule has 0 aliphatic heterocycles. The second-order valence-corrected chi connectivity index (χ2v) is 6.94. The van der Waals surface area contributed by atoms with Gasteiger partial charge in [0.1, 0.15) is 5.15 Å². The first-order chi connectivity index (χ1) is 12.3. The maximum absolute atomic E-state index is 12.3. The average molecular weight is 375 g/mol. The maximum atomic E-state index is 12.3. The van der Waals surface area contributed by atoms with Gasteiger partial charge in [-0.3, -0.25) is 4.79 Å². The Bertz CT molecular complexity index is 777. The van der Waals surface area contributed by atoms with Gasteiger partial charge < -0.3 is 10.1 Å². The van der Waals surface area contributed by atoms with Crippen LogP contribution in [0.3, 0.4) is 0 Å². The number of aromatic nitrogens is 1. The van der Waals surface area contributed by atoms with Crippen molar-refractivity contribution in [2.24, 2.45) is 0 Å². The number of nitrogens with one attached hydrogen (secondary N) is 1. The van der Waals surface area contributed by atoms with Crippen molar-refractivity contribution in [3.63, 3.8) is 0 Å². The fourth-order valence-electron chi connectivity index (χ4n) is 2.62. The van der Waals surface area contributed by atoms with Crippen LogP contribution < -0.4 is 5.32 Å². The third-order valence-electron chi connectivity index (χ3n) is 3.95. The minimum absolute atomic E-state index is 0.0464. The van der Waals surface area contributed by atoms with Gasteiger partial charge in [-0.15, -0.1) is 0 Å². The zero-order valence-corrected chi connectivity index (χ0v) is 16.1. The molecule has 1 aromatic carbocycles. The maximum Gasteiger partial charge on any atom is 0.341 e. The lowest BCUT2D eigenvalue weighted by Crippen LogP contribution is -2.23. The number of esters is 1. The van der Waals surface area contributed by atoms with Gasteiger partial charge in [0.05, 0.1) is 5.56 Å². The van der Waals surface area contributed by atoms with Gasteiger partial charge in [-0.05, 0) is 35.1 Å². The Hall–Kier alpha value is -2.40. The van der Waals surface area contributed by atoms with Crippen LogP contribution in [0.1, 0.15) is 61.0 Å². The number of ether oxygens (including phenoxy) is 1. The highest BCUT2D eigenvalue weighted by molar-refractivity contribution is 6.32. The summed E-state index contributed by atoms with van der Waals surface area (Å²) in [7, 11) is 0. The number of para-hydroxylation sites is 1. The second-order valence-electron chi connectivity index (χ2n) is 6.59. The van der Waals surface area contributed by atoms with E-state index in [9.17, 15) is 9.59 Å². The Labute approximate surface area is 158 Å². The number of hydrogen-bond acceptors (Lipinski definition) is 4. The molecule has 26 heavy (non-hydrogen) atoms. The molecule has 2 rings (SSSR count). The lowest BCUT2D eigenvalue weighted by atomic mass is 9.92. The first-order valence-corrected chi connectivity index (χ1v) is 8.89. The van der Waals surface area contributed by atoms with E-state index in [1.165, 1.54) is 12.3 Å². The number of anilines is 1. The number of nitrogens with zero attached hydrogens (tertiary/aromatic N) is 1. The van der Waals surface area contributed by atoms with Gasteiger partial charge in [0.2, 0.25) is 0 Å². The number of rotatable bonds is 6. The fraction of sp³-hybridized carbons (Fsp3) is 0.350. The van der Waals surface area contributed by atoms with Gasteiger partial charge in [0.15, 0.2) is 6.61 Å². The normalized spacial score (nSPS) is 10.9. The highest BCUT2D eigenvalue weighted by Gasteiger charge is 2.18. The number of carbonyl (C=O) groups is 2. The van der Waals surface area contributed by atoms with Gasteiger partial charge in [-0.1, -0.05) is 57.5 Å². The molecule has 0 fully saturated rings. The molecule has 6 heteroatoms. The summed E-state index contributed by atoms with van der Waals surface area (Å²) in [6.45, 7) is 7.88. The SMILES string of the molecule is CC(C)c1cccc(C(C)C)c1NC(=O)COC(=O)c1cccnc1Cl. The van der Waals surface area contributed by atoms with Crippen LogP contribution in [0.25, 0.3) is 0 Å². The Kier molecular flexibility index (Phi) is 6.75. The number of pyridine rings is 1. The van der Waals surface area contributed by atoms with Gasteiger partial charge in [0.25, 0.3) is 5.91 Å². The summed E-state index contributed by atoms with van der Waals surface area (Å²) in [5.74, 6) is -0.575. The van der Waals surface area contributed by atoms with Gasteiger partial charge in [0, 0.05) is 11.9 Å². The van der Waals surface area contributed by atoms with Gasteiger partial charge in [-0.25, -0.2) is 9.78 Å². The number of halogens is 1. The van der Waals surface area contributed by atoms with Crippen molar-refractivity contribution in [1.82, 2.24) is 4.98 Å². The van der Waals surface area contributed by atoms with Crippen molar-refractivity contribution in [1.29, 1.82) is 0 Å². The van der Waals surface area contributed by atoms with Crippen LogP contribution in [0.4, 0.5) is 5.69 Å². The first-order valence-electron chi connectivity index (χ1n) is 8.51. The zero-order chi connectivity index (χ0) is 19.3. The molecule has 0 atom stereocenters. The summed E-state index contributed by atoms with van der Waals surface area (Å²) in [6, 6.07) is 9.06. The number of hydrogen-bond donors (Lipinski definition) is 1. The molecule has 1 aromatic heterocycles. The Morgan fingerprint density at radius 1 is 1.08 bits per heavy atom. The summed E-state index contributed by atoms with van der Waals surface area (Å²) in [4.78, 5) is 28.2. The van der Waals surface area contributed by atoms with E-state index in [1.807, 2.05) is 18.2 Å². The van der Waals surface area contributed by atoms with Crippen LogP contribution in [-0.2, 0) is 9.53 Å². The molecule has 0 unspecified atom stereocenters. The van der Waals surface area contributed by atoms with Crippen LogP contribution in [0.2, 0.25) is 5.15 Å². The number of amides is 1. The minimum Gasteiger partial charge on any atom is -0.452 e. The van der Waals surface area contributed by atoms with Crippen LogP contribution in [0, 0.1) is 0 Å². The number of carbonyl (C=O) groups excluding carboxylic acids is 2. The molecule has 0 aliphatic carbocycles. The molecule has 2 aromatic rings. The van der Waals surface area contributed by atoms with E-state index in [0.717, 1.165) is 16.8 Å². The minimum atomic E-state index is -0.681. The van der Waals surface area contributed by atoms with E-state index < -0.39 is 18.5 Å². The molecular formula is C20H23ClN2O3. The summed E-state index contributed by atoms with van der Waals surface area (Å²) in [5, 5.41) is 2.94. The lowest BCUT2D eigenvalue weighted by molar-refractivity contribution is -0.119. The standard InChI is InChI=1S/C20H23ClN2O3/c1-12(2)14-7-5-8-15(13(3)4)18(14)23-17(24)11-26-20(25)16-9-6-10-22-19(16)21/h5-10,12-13H,11H2,1-4H3,(H,23,24). The van der Waals surface area contributed by atoms with Crippen molar-refractivity contribution in [2.75, 3.05) is 11.9 Å². The molecule has 1 N–H and O–H groups in total. The summed E-state index contributed by atoms with van der Waals surface area (Å²) < 4.78 is 5.07. The van der Waals surface area contributed by atoms with E-state index in [2.05, 4.69) is 38.0 Å². The van der Waals surface area contributed by atoms with Crippen LogP contribution >= 0.6 is 11.6 Å². The summed E-state index contributed by atoms with van der Waals surface area (Å²) >= 11 is 5.86. The molecule has 0 aliphatic rings. The van der Waals surface area contributed by atoms with Crippen molar-refractivity contribution in [3.8, 4) is 0 Å². The Morgan fingerprint density at radius 3 is 2.23 bits per heavy atom. The molecule has 1 amide bonds. The summed E-state index contributed by atoms with van der Waals surface area (Å²) in [5.41, 5.74) is 3.02. The van der Waals surface area contributed by atoms with Crippen LogP contribution in [0.15, 0.2) is 36.5 Å². The first kappa shape index (κ1) is 19.9. The molecule has 0 saturated heterocycles. The number of benzene rings is 1.